The van der Waals surface area contributed by atoms with Crippen LogP contribution in [0, 0.1) is 5.92 Å². The van der Waals surface area contributed by atoms with Gasteiger partial charge < -0.3 is 20.9 Å². The van der Waals surface area contributed by atoms with Gasteiger partial charge in [0.05, 0.1) is 6.04 Å². The van der Waals surface area contributed by atoms with Gasteiger partial charge in [0.15, 0.2) is 0 Å². The Hall–Kier alpha value is -2.15. The Balaban J connectivity index is 1.64. The van der Waals surface area contributed by atoms with E-state index in [-0.39, 0.29) is 23.9 Å². The Morgan fingerprint density at radius 3 is 2.64 bits per heavy atom. The third kappa shape index (κ3) is 6.92. The fourth-order valence-electron chi connectivity index (χ4n) is 4.45. The maximum Gasteiger partial charge on any atom is 0.251 e. The lowest BCUT2D eigenvalue weighted by atomic mass is 10.0. The molecule has 7 heteroatoms. The smallest absolute Gasteiger partial charge is 0.251 e. The number of hydrogen-bond donors (Lipinski definition) is 3. The maximum atomic E-state index is 13.2. The van der Waals surface area contributed by atoms with Gasteiger partial charge in [0.1, 0.15) is 0 Å². The van der Waals surface area contributed by atoms with Gasteiger partial charge in [-0.25, -0.2) is 0 Å². The van der Waals surface area contributed by atoms with Crippen molar-refractivity contribution >= 4 is 34.2 Å². The first-order valence-electron chi connectivity index (χ1n) is 12.1. The molecule has 3 rings (SSSR count). The van der Waals surface area contributed by atoms with Crippen LogP contribution in [0.4, 0.5) is 0 Å². The van der Waals surface area contributed by atoms with Crippen LogP contribution in [0.25, 0.3) is 10.8 Å². The lowest BCUT2D eigenvalue weighted by Crippen LogP contribution is -2.50. The van der Waals surface area contributed by atoms with E-state index in [0.717, 1.165) is 56.1 Å². The van der Waals surface area contributed by atoms with Crippen molar-refractivity contribution in [1.82, 2.24) is 20.9 Å². The Morgan fingerprint density at radius 2 is 1.91 bits per heavy atom. The van der Waals surface area contributed by atoms with E-state index in [1.54, 1.807) is 0 Å². The van der Waals surface area contributed by atoms with Crippen LogP contribution in [0.3, 0.4) is 0 Å². The van der Waals surface area contributed by atoms with Crippen molar-refractivity contribution in [3.8, 4) is 0 Å². The van der Waals surface area contributed by atoms with Crippen molar-refractivity contribution < 1.29 is 9.59 Å². The second-order valence-electron chi connectivity index (χ2n) is 8.98. The van der Waals surface area contributed by atoms with Crippen LogP contribution in [-0.4, -0.2) is 62.0 Å². The van der Waals surface area contributed by atoms with E-state index >= 15 is 0 Å². The van der Waals surface area contributed by atoms with Gasteiger partial charge in [-0.2, -0.15) is 0 Å². The number of carbonyl (C=O) groups is 2. The van der Waals surface area contributed by atoms with Crippen LogP contribution in [0.1, 0.15) is 49.9 Å². The molecule has 6 nitrogen and oxygen atoms in total. The number of halogens is 1. The zero-order valence-corrected chi connectivity index (χ0v) is 20.8. The summed E-state index contributed by atoms with van der Waals surface area (Å²) in [6.45, 7) is 7.15. The summed E-state index contributed by atoms with van der Waals surface area (Å²) < 4.78 is 0. The minimum atomic E-state index is -0.235. The molecule has 1 saturated heterocycles. The molecular formula is C26H37ClN4O2. The first-order valence-corrected chi connectivity index (χ1v) is 12.5. The average Bonchev–Trinajstić information content (AvgIpc) is 2.97. The van der Waals surface area contributed by atoms with E-state index in [1.807, 2.05) is 48.3 Å². The molecular weight excluding hydrogens is 436 g/mol. The molecule has 2 aromatic carbocycles. The van der Waals surface area contributed by atoms with E-state index in [1.165, 1.54) is 0 Å². The lowest BCUT2D eigenvalue weighted by Gasteiger charge is -2.28. The molecule has 3 N–H and O–H groups in total. The number of carbonyl (C=O) groups excluding carboxylic acids is 2. The van der Waals surface area contributed by atoms with Gasteiger partial charge in [-0.3, -0.25) is 9.59 Å². The highest BCUT2D eigenvalue weighted by molar-refractivity contribution is 6.31. The van der Waals surface area contributed by atoms with Crippen molar-refractivity contribution in [1.29, 1.82) is 0 Å². The lowest BCUT2D eigenvalue weighted by molar-refractivity contribution is -0.133. The van der Waals surface area contributed by atoms with E-state index in [0.29, 0.717) is 23.0 Å². The zero-order chi connectivity index (χ0) is 23.8. The third-order valence-corrected chi connectivity index (χ3v) is 6.92. The van der Waals surface area contributed by atoms with Crippen molar-refractivity contribution in [3.05, 3.63) is 47.0 Å². The molecule has 0 aromatic heterocycles. The monoisotopic (exact) mass is 472 g/mol. The summed E-state index contributed by atoms with van der Waals surface area (Å²) in [5.41, 5.74) is 0.622. The quantitative estimate of drug-likeness (QED) is 0.491. The Kier molecular flexibility index (Phi) is 9.53. The van der Waals surface area contributed by atoms with Crippen LogP contribution in [0.2, 0.25) is 5.02 Å². The van der Waals surface area contributed by atoms with Crippen LogP contribution < -0.4 is 16.0 Å². The molecule has 2 aromatic rings. The molecule has 2 atom stereocenters. The molecule has 1 fully saturated rings. The number of rotatable bonds is 10. The van der Waals surface area contributed by atoms with Gasteiger partial charge >= 0.3 is 0 Å². The predicted molar refractivity (Wildman–Crippen MR) is 136 cm³/mol. The third-order valence-electron chi connectivity index (χ3n) is 6.68. The topological polar surface area (TPSA) is 73.5 Å². The molecule has 2 unspecified atom stereocenters. The Labute approximate surface area is 202 Å². The fourth-order valence-corrected chi connectivity index (χ4v) is 4.63. The molecule has 0 spiro atoms. The van der Waals surface area contributed by atoms with E-state index < -0.39 is 0 Å². The second kappa shape index (κ2) is 12.4. The minimum absolute atomic E-state index is 0.0470. The average molecular weight is 473 g/mol. The van der Waals surface area contributed by atoms with Crippen molar-refractivity contribution in [2.75, 3.05) is 33.2 Å². The van der Waals surface area contributed by atoms with Crippen molar-refractivity contribution in [2.45, 2.75) is 51.6 Å². The predicted octanol–water partition coefficient (Wildman–Crippen LogP) is 3.83. The number of fused-ring (bicyclic) bond motifs is 1. The second-order valence-corrected chi connectivity index (χ2v) is 9.42. The first kappa shape index (κ1) is 25.5. The summed E-state index contributed by atoms with van der Waals surface area (Å²) in [5, 5.41) is 12.4. The summed E-state index contributed by atoms with van der Waals surface area (Å²) in [7, 11) is 1.90. The minimum Gasteiger partial charge on any atom is -0.350 e. The summed E-state index contributed by atoms with van der Waals surface area (Å²) in [6.07, 6.45) is 3.70. The molecule has 0 radical (unpaired) electrons. The molecule has 1 heterocycles. The molecule has 0 saturated carbocycles. The van der Waals surface area contributed by atoms with Crippen molar-refractivity contribution in [2.24, 2.45) is 5.92 Å². The number of benzene rings is 2. The maximum absolute atomic E-state index is 13.2. The van der Waals surface area contributed by atoms with Crippen LogP contribution in [0.5, 0.6) is 0 Å². The van der Waals surface area contributed by atoms with E-state index in [2.05, 4.69) is 29.8 Å². The summed E-state index contributed by atoms with van der Waals surface area (Å²) in [5.74, 6) is 0.599. The summed E-state index contributed by atoms with van der Waals surface area (Å²) in [4.78, 5) is 28.1. The molecule has 0 bridgehead atoms. The standard InChI is InChI=1S/C26H37ClN4O2/c1-4-18(5-2)17-31-13-11-23(30-24(26(31)33)10-12-28-3)16-29-25(32)21-7-6-20-15-22(27)9-8-19(20)14-21/h6-9,14-15,18,23-24,28,30H,4-5,10-13,16-17H2,1-3H3,(H,29,32). The molecule has 1 aliphatic heterocycles. The number of hydrogen-bond acceptors (Lipinski definition) is 4. The van der Waals surface area contributed by atoms with Gasteiger partial charge in [-0.1, -0.05) is 50.4 Å². The first-order chi connectivity index (χ1) is 15.9. The highest BCUT2D eigenvalue weighted by Gasteiger charge is 2.31. The van der Waals surface area contributed by atoms with Gasteiger partial charge in [-0.15, -0.1) is 0 Å². The van der Waals surface area contributed by atoms with Gasteiger partial charge in [0.25, 0.3) is 5.91 Å². The molecule has 1 aliphatic rings. The highest BCUT2D eigenvalue weighted by Crippen LogP contribution is 2.21. The Morgan fingerprint density at radius 1 is 1.18 bits per heavy atom. The summed E-state index contributed by atoms with van der Waals surface area (Å²) >= 11 is 6.06. The molecule has 2 amide bonds. The van der Waals surface area contributed by atoms with Crippen LogP contribution >= 0.6 is 11.6 Å². The zero-order valence-electron chi connectivity index (χ0n) is 20.0. The largest absolute Gasteiger partial charge is 0.350 e. The molecule has 33 heavy (non-hydrogen) atoms. The van der Waals surface area contributed by atoms with E-state index in [4.69, 9.17) is 11.6 Å². The van der Waals surface area contributed by atoms with E-state index in [9.17, 15) is 9.59 Å². The summed E-state index contributed by atoms with van der Waals surface area (Å²) in [6, 6.07) is 11.1. The fraction of sp³-hybridized carbons (Fsp3) is 0.538. The number of amides is 2. The van der Waals surface area contributed by atoms with Crippen LogP contribution in [0.15, 0.2) is 36.4 Å². The Bertz CT molecular complexity index is 947. The van der Waals surface area contributed by atoms with Gasteiger partial charge in [0, 0.05) is 36.3 Å². The molecule has 180 valence electrons. The van der Waals surface area contributed by atoms with Gasteiger partial charge in [-0.05, 0) is 67.4 Å². The van der Waals surface area contributed by atoms with Gasteiger partial charge in [0.2, 0.25) is 5.91 Å². The normalized spacial score (nSPS) is 19.2. The number of nitrogens with one attached hydrogen (secondary N) is 3. The number of nitrogens with zero attached hydrogens (tertiary/aromatic N) is 1. The SMILES string of the molecule is CCC(CC)CN1CCC(CNC(=O)c2ccc3cc(Cl)ccc3c2)NC(CCNC)C1=O. The molecule has 0 aliphatic carbocycles. The highest BCUT2D eigenvalue weighted by atomic mass is 35.5. The van der Waals surface area contributed by atoms with Crippen molar-refractivity contribution in [3.63, 3.8) is 0 Å². The van der Waals surface area contributed by atoms with Crippen LogP contribution in [-0.2, 0) is 4.79 Å².